The number of halogens is 2. The summed E-state index contributed by atoms with van der Waals surface area (Å²) in [6.07, 6.45) is -0.527. The molecule has 1 aliphatic rings. The lowest BCUT2D eigenvalue weighted by molar-refractivity contribution is 0.152. The Kier molecular flexibility index (Phi) is 5.29. The Morgan fingerprint density at radius 2 is 1.78 bits per heavy atom. The number of hydrogen-bond acceptors (Lipinski definition) is 4. The van der Waals surface area contributed by atoms with Crippen molar-refractivity contribution in [2.24, 2.45) is 0 Å². The number of benzene rings is 2. The molecule has 8 heteroatoms. The summed E-state index contributed by atoms with van der Waals surface area (Å²) in [6.45, 7) is 0.975. The summed E-state index contributed by atoms with van der Waals surface area (Å²) in [5.74, 6) is 0.965. The van der Waals surface area contributed by atoms with E-state index in [1.807, 2.05) is 24.3 Å². The van der Waals surface area contributed by atoms with Gasteiger partial charge in [0.25, 0.3) is 0 Å². The highest BCUT2D eigenvalue weighted by molar-refractivity contribution is 7.99. The number of nitrogens with zero attached hydrogens (tertiary/aromatic N) is 2. The monoisotopic (exact) mass is 419 g/mol. The molecular weight excluding hydrogens is 405 g/mol. The smallest absolute Gasteiger partial charge is 0.412 e. The van der Waals surface area contributed by atoms with Crippen molar-refractivity contribution in [1.29, 1.82) is 0 Å². The van der Waals surface area contributed by atoms with Crippen LogP contribution >= 0.6 is 35.0 Å². The summed E-state index contributed by atoms with van der Waals surface area (Å²) in [7, 11) is 0. The van der Waals surface area contributed by atoms with Crippen LogP contribution in [0.15, 0.2) is 53.7 Å². The van der Waals surface area contributed by atoms with Gasteiger partial charge in [-0.25, -0.2) is 9.78 Å². The maximum atomic E-state index is 12.2. The first-order chi connectivity index (χ1) is 13.1. The molecule has 0 saturated heterocycles. The van der Waals surface area contributed by atoms with Gasteiger partial charge in [0.1, 0.15) is 6.61 Å². The van der Waals surface area contributed by atoms with Crippen LogP contribution in [-0.2, 0) is 17.9 Å². The summed E-state index contributed by atoms with van der Waals surface area (Å²) < 4.78 is 7.55. The van der Waals surface area contributed by atoms with Crippen molar-refractivity contribution in [3.8, 4) is 11.3 Å². The number of hydrogen-bond donors (Lipinski definition) is 1. The molecule has 0 aliphatic carbocycles. The molecule has 0 radical (unpaired) electrons. The second-order valence-electron chi connectivity index (χ2n) is 5.90. The number of nitrogens with one attached hydrogen (secondary N) is 1. The first-order valence-corrected chi connectivity index (χ1v) is 10.0. The fourth-order valence-electron chi connectivity index (χ4n) is 2.84. The van der Waals surface area contributed by atoms with E-state index >= 15 is 0 Å². The van der Waals surface area contributed by atoms with Gasteiger partial charge in [0, 0.05) is 33.6 Å². The third kappa shape index (κ3) is 4.08. The molecule has 27 heavy (non-hydrogen) atoms. The number of carbonyl (C=O) groups is 1. The van der Waals surface area contributed by atoms with Crippen LogP contribution in [0.1, 0.15) is 5.69 Å². The first-order valence-electron chi connectivity index (χ1n) is 8.27. The summed E-state index contributed by atoms with van der Waals surface area (Å²) in [6, 6.07) is 14.3. The maximum absolute atomic E-state index is 12.2. The van der Waals surface area contributed by atoms with Crippen LogP contribution in [0.3, 0.4) is 0 Å². The molecule has 0 atom stereocenters. The predicted molar refractivity (Wildman–Crippen MR) is 109 cm³/mol. The highest BCUT2D eigenvalue weighted by atomic mass is 35.5. The van der Waals surface area contributed by atoms with Gasteiger partial charge in [-0.15, -0.1) is 0 Å². The second-order valence-corrected chi connectivity index (χ2v) is 7.84. The molecule has 0 unspecified atom stereocenters. The van der Waals surface area contributed by atoms with Gasteiger partial charge in [-0.3, -0.25) is 5.32 Å². The van der Waals surface area contributed by atoms with E-state index in [9.17, 15) is 4.79 Å². The largest absolute Gasteiger partial charge is 0.443 e. The number of ether oxygens (including phenoxy) is 1. The maximum Gasteiger partial charge on any atom is 0.412 e. The van der Waals surface area contributed by atoms with Gasteiger partial charge in [-0.2, -0.15) is 0 Å². The van der Waals surface area contributed by atoms with E-state index in [2.05, 4.69) is 9.88 Å². The summed E-state index contributed by atoms with van der Waals surface area (Å²) in [5.41, 5.74) is 3.26. The summed E-state index contributed by atoms with van der Waals surface area (Å²) in [5, 5.41) is 4.91. The lowest BCUT2D eigenvalue weighted by Crippen LogP contribution is -2.15. The van der Waals surface area contributed by atoms with E-state index in [1.165, 1.54) is 0 Å². The molecule has 138 valence electrons. The molecule has 2 heterocycles. The quantitative estimate of drug-likeness (QED) is 0.587. The average molecular weight is 420 g/mol. The van der Waals surface area contributed by atoms with Crippen molar-refractivity contribution in [3.05, 3.63) is 64.3 Å². The molecule has 1 N–H and O–H groups in total. The van der Waals surface area contributed by atoms with E-state index in [4.69, 9.17) is 32.9 Å². The van der Waals surface area contributed by atoms with E-state index in [-0.39, 0.29) is 6.61 Å². The molecular formula is C19H15Cl2N3O2S. The molecule has 2 aromatic carbocycles. The Morgan fingerprint density at radius 3 is 2.48 bits per heavy atom. The minimum absolute atomic E-state index is 0.130. The predicted octanol–water partition coefficient (Wildman–Crippen LogP) is 5.71. The van der Waals surface area contributed by atoms with Crippen LogP contribution in [0.4, 0.5) is 10.5 Å². The van der Waals surface area contributed by atoms with Crippen LogP contribution in [-0.4, -0.2) is 21.4 Å². The third-order valence-corrected chi connectivity index (χ3v) is 5.59. The van der Waals surface area contributed by atoms with Crippen LogP contribution in [0.2, 0.25) is 10.0 Å². The SMILES string of the molecule is O=C(Nc1ccc(Cl)cc1)OCc1c(-c2ccc(Cl)cc2)nc2n1CCS2. The van der Waals surface area contributed by atoms with Gasteiger partial charge in [0.05, 0.1) is 11.4 Å². The van der Waals surface area contributed by atoms with Crippen molar-refractivity contribution in [2.45, 2.75) is 18.3 Å². The first kappa shape index (κ1) is 18.2. The number of anilines is 1. The Balaban J connectivity index is 1.52. The standard InChI is InChI=1S/C19H15Cl2N3O2S/c20-13-3-1-12(2-4-13)17-16(24-9-10-27-18(24)23-17)11-26-19(25)22-15-7-5-14(21)6-8-15/h1-8H,9-11H2,(H,22,25). The van der Waals surface area contributed by atoms with Crippen molar-refractivity contribution in [1.82, 2.24) is 9.55 Å². The molecule has 1 aliphatic heterocycles. The van der Waals surface area contributed by atoms with Gasteiger partial charge in [-0.1, -0.05) is 47.1 Å². The second kappa shape index (κ2) is 7.84. The third-order valence-electron chi connectivity index (χ3n) is 4.13. The minimum Gasteiger partial charge on any atom is -0.443 e. The van der Waals surface area contributed by atoms with E-state index < -0.39 is 6.09 Å². The molecule has 0 fully saturated rings. The Hall–Kier alpha value is -2.15. The molecule has 0 saturated carbocycles. The number of thioether (sulfide) groups is 1. The van der Waals surface area contributed by atoms with Gasteiger partial charge in [0.2, 0.25) is 0 Å². The Morgan fingerprint density at radius 1 is 1.11 bits per heavy atom. The zero-order valence-corrected chi connectivity index (χ0v) is 16.4. The molecule has 1 aromatic heterocycles. The van der Waals surface area contributed by atoms with Gasteiger partial charge < -0.3 is 9.30 Å². The molecule has 0 spiro atoms. The van der Waals surface area contributed by atoms with Crippen LogP contribution in [0, 0.1) is 0 Å². The highest BCUT2D eigenvalue weighted by Gasteiger charge is 2.23. The fraction of sp³-hybridized carbons (Fsp3) is 0.158. The zero-order valence-electron chi connectivity index (χ0n) is 14.1. The number of carbonyl (C=O) groups excluding carboxylic acids is 1. The number of aromatic nitrogens is 2. The van der Waals surface area contributed by atoms with E-state index in [1.54, 1.807) is 36.0 Å². The topological polar surface area (TPSA) is 56.1 Å². The fourth-order valence-corrected chi connectivity index (χ4v) is 4.06. The van der Waals surface area contributed by atoms with E-state index in [0.717, 1.165) is 34.4 Å². The molecule has 0 bridgehead atoms. The van der Waals surface area contributed by atoms with Gasteiger partial charge in [0.15, 0.2) is 5.16 Å². The van der Waals surface area contributed by atoms with E-state index in [0.29, 0.717) is 15.7 Å². The van der Waals surface area contributed by atoms with Gasteiger partial charge >= 0.3 is 6.09 Å². The van der Waals surface area contributed by atoms with Crippen molar-refractivity contribution < 1.29 is 9.53 Å². The molecule has 3 aromatic rings. The number of fused-ring (bicyclic) bond motifs is 1. The van der Waals surface area contributed by atoms with Gasteiger partial charge in [-0.05, 0) is 36.4 Å². The lowest BCUT2D eigenvalue weighted by atomic mass is 10.1. The molecule has 4 rings (SSSR count). The Bertz CT molecular complexity index is 972. The molecule has 5 nitrogen and oxygen atoms in total. The van der Waals surface area contributed by atoms with Crippen LogP contribution < -0.4 is 5.32 Å². The number of rotatable bonds is 4. The summed E-state index contributed by atoms with van der Waals surface area (Å²) >= 11 is 13.5. The number of amides is 1. The van der Waals surface area contributed by atoms with Crippen molar-refractivity contribution in [3.63, 3.8) is 0 Å². The average Bonchev–Trinajstić information content (AvgIpc) is 3.24. The van der Waals surface area contributed by atoms with Crippen molar-refractivity contribution >= 4 is 46.7 Å². The normalized spacial score (nSPS) is 12.7. The summed E-state index contributed by atoms with van der Waals surface area (Å²) in [4.78, 5) is 16.9. The zero-order chi connectivity index (χ0) is 18.8. The molecule has 1 amide bonds. The Labute approximate surface area is 170 Å². The highest BCUT2D eigenvalue weighted by Crippen LogP contribution is 2.34. The van der Waals surface area contributed by atoms with Crippen LogP contribution in [0.25, 0.3) is 11.3 Å². The number of imidazole rings is 1. The minimum atomic E-state index is -0.527. The van der Waals surface area contributed by atoms with Crippen LogP contribution in [0.5, 0.6) is 0 Å². The lowest BCUT2D eigenvalue weighted by Gasteiger charge is -2.10. The van der Waals surface area contributed by atoms with Crippen molar-refractivity contribution in [2.75, 3.05) is 11.1 Å².